The van der Waals surface area contributed by atoms with Crippen molar-refractivity contribution in [3.05, 3.63) is 81.8 Å². The van der Waals surface area contributed by atoms with Crippen LogP contribution in [-0.2, 0) is 20.0 Å². The Hall–Kier alpha value is -3.31. The van der Waals surface area contributed by atoms with Gasteiger partial charge in [-0.25, -0.2) is 16.8 Å². The molecule has 0 saturated carbocycles. The SMILES string of the molecule is CN(c1ccc(C#CC(C)(C)N)cc1C(=O)Nc1ccc(S(=O)(=O)N2CCN(c3cc(Cl)cc(Cl)c3)CC2)cc1)S(C)(=O)=O. The zero-order valence-electron chi connectivity index (χ0n) is 24.6. The first-order chi connectivity index (χ1) is 20.4. The lowest BCUT2D eigenvalue weighted by molar-refractivity contribution is 0.102. The molecule has 1 amide bonds. The lowest BCUT2D eigenvalue weighted by Crippen LogP contribution is -2.48. The quantitative estimate of drug-likeness (QED) is 0.358. The molecule has 3 N–H and O–H groups in total. The van der Waals surface area contributed by atoms with Crippen molar-refractivity contribution in [2.45, 2.75) is 24.3 Å². The van der Waals surface area contributed by atoms with Crippen LogP contribution in [0.25, 0.3) is 0 Å². The van der Waals surface area contributed by atoms with E-state index in [4.69, 9.17) is 28.9 Å². The summed E-state index contributed by atoms with van der Waals surface area (Å²) >= 11 is 12.2. The average Bonchev–Trinajstić information content (AvgIpc) is 2.94. The fraction of sp³-hybridized carbons (Fsp3) is 0.300. The Morgan fingerprint density at radius 1 is 0.932 bits per heavy atom. The molecule has 3 aromatic rings. The smallest absolute Gasteiger partial charge is 0.257 e. The number of hydrogen-bond donors (Lipinski definition) is 2. The van der Waals surface area contributed by atoms with Crippen LogP contribution in [0, 0.1) is 11.8 Å². The van der Waals surface area contributed by atoms with Crippen LogP contribution in [0.4, 0.5) is 17.1 Å². The van der Waals surface area contributed by atoms with E-state index < -0.39 is 31.5 Å². The van der Waals surface area contributed by atoms with Gasteiger partial charge >= 0.3 is 0 Å². The molecular weight excluding hydrogens is 645 g/mol. The molecule has 0 spiro atoms. The first-order valence-corrected chi connectivity index (χ1v) is 17.5. The monoisotopic (exact) mass is 677 g/mol. The van der Waals surface area contributed by atoms with Crippen molar-refractivity contribution >= 4 is 66.2 Å². The van der Waals surface area contributed by atoms with Gasteiger partial charge in [0.2, 0.25) is 20.0 Å². The van der Waals surface area contributed by atoms with Gasteiger partial charge in [0.15, 0.2) is 0 Å². The number of nitrogens with zero attached hydrogens (tertiary/aromatic N) is 3. The van der Waals surface area contributed by atoms with Crippen molar-refractivity contribution in [3.8, 4) is 11.8 Å². The van der Waals surface area contributed by atoms with Crippen LogP contribution in [0.15, 0.2) is 65.6 Å². The minimum atomic E-state index is -3.80. The molecule has 0 aliphatic carbocycles. The third kappa shape index (κ3) is 8.24. The Labute approximate surface area is 268 Å². The zero-order chi connectivity index (χ0) is 32.4. The Balaban J connectivity index is 1.51. The summed E-state index contributed by atoms with van der Waals surface area (Å²) in [6, 6.07) is 15.6. The van der Waals surface area contributed by atoms with E-state index in [1.165, 1.54) is 47.8 Å². The summed E-state index contributed by atoms with van der Waals surface area (Å²) in [5.74, 6) is 5.20. The summed E-state index contributed by atoms with van der Waals surface area (Å²) in [5.41, 5.74) is 7.02. The first kappa shape index (κ1) is 33.6. The topological polar surface area (TPSA) is 133 Å². The molecule has 1 heterocycles. The number of carbonyl (C=O) groups is 1. The van der Waals surface area contributed by atoms with Crippen LogP contribution in [0.1, 0.15) is 29.8 Å². The highest BCUT2D eigenvalue weighted by atomic mass is 35.5. The Kier molecular flexibility index (Phi) is 9.90. The number of rotatable bonds is 7. The zero-order valence-corrected chi connectivity index (χ0v) is 27.8. The van der Waals surface area contributed by atoms with E-state index in [0.717, 1.165) is 16.2 Å². The largest absolute Gasteiger partial charge is 0.369 e. The fourth-order valence-corrected chi connectivity index (χ4v) is 6.90. The van der Waals surface area contributed by atoms with E-state index in [-0.39, 0.29) is 29.2 Å². The molecule has 234 valence electrons. The average molecular weight is 679 g/mol. The molecule has 1 aliphatic rings. The highest BCUT2D eigenvalue weighted by molar-refractivity contribution is 7.92. The number of benzene rings is 3. The van der Waals surface area contributed by atoms with Crippen LogP contribution in [0.5, 0.6) is 0 Å². The number of amides is 1. The second kappa shape index (κ2) is 13.0. The van der Waals surface area contributed by atoms with Crippen molar-refractivity contribution in [2.75, 3.05) is 54.0 Å². The predicted octanol–water partition coefficient (Wildman–Crippen LogP) is 4.24. The number of nitrogens with two attached hydrogens (primary N) is 1. The molecule has 1 saturated heterocycles. The molecule has 0 radical (unpaired) electrons. The molecular formula is C30H33Cl2N5O5S2. The van der Waals surface area contributed by atoms with Crippen molar-refractivity contribution in [3.63, 3.8) is 0 Å². The maximum Gasteiger partial charge on any atom is 0.257 e. The van der Waals surface area contributed by atoms with E-state index in [9.17, 15) is 21.6 Å². The van der Waals surface area contributed by atoms with Crippen LogP contribution in [-0.4, -0.2) is 72.1 Å². The van der Waals surface area contributed by atoms with Gasteiger partial charge in [0.05, 0.1) is 27.9 Å². The standard InChI is InChI=1S/C30H33Cl2N5O5S2/c1-30(2,33)12-11-21-5-10-28(35(3)43(4,39)40)27(17-21)29(38)34-24-6-8-26(9-7-24)44(41,42)37-15-13-36(14-16-37)25-19-22(31)18-23(32)20-25/h5-10,17-20H,13-16,33H2,1-4H3,(H,34,38). The van der Waals surface area contributed by atoms with Gasteiger partial charge in [-0.3, -0.25) is 9.10 Å². The predicted molar refractivity (Wildman–Crippen MR) is 177 cm³/mol. The molecule has 0 atom stereocenters. The van der Waals surface area contributed by atoms with E-state index >= 15 is 0 Å². The summed E-state index contributed by atoms with van der Waals surface area (Å²) in [5, 5.41) is 3.74. The van der Waals surface area contributed by atoms with Crippen LogP contribution in [0.3, 0.4) is 0 Å². The minimum absolute atomic E-state index is 0.0649. The maximum atomic E-state index is 13.4. The van der Waals surface area contributed by atoms with Gasteiger partial charge in [-0.2, -0.15) is 4.31 Å². The van der Waals surface area contributed by atoms with E-state index in [0.29, 0.717) is 34.4 Å². The third-order valence-electron chi connectivity index (χ3n) is 6.81. The van der Waals surface area contributed by atoms with Crippen molar-refractivity contribution in [2.24, 2.45) is 5.73 Å². The summed E-state index contributed by atoms with van der Waals surface area (Å²) in [7, 11) is -6.13. The molecule has 0 unspecified atom stereocenters. The fourth-order valence-electron chi connectivity index (χ4n) is 4.45. The number of carbonyl (C=O) groups excluding carboxylic acids is 1. The molecule has 1 fully saturated rings. The second-order valence-corrected chi connectivity index (χ2v) is 15.8. The number of hydrogen-bond acceptors (Lipinski definition) is 7. The van der Waals surface area contributed by atoms with Gasteiger partial charge in [-0.05, 0) is 74.5 Å². The van der Waals surface area contributed by atoms with Crippen LogP contribution >= 0.6 is 23.2 Å². The highest BCUT2D eigenvalue weighted by Gasteiger charge is 2.29. The molecule has 0 aromatic heterocycles. The van der Waals surface area contributed by atoms with E-state index in [2.05, 4.69) is 17.2 Å². The molecule has 14 heteroatoms. The van der Waals surface area contributed by atoms with Crippen molar-refractivity contribution in [1.82, 2.24) is 4.31 Å². The highest BCUT2D eigenvalue weighted by Crippen LogP contribution is 2.28. The third-order valence-corrected chi connectivity index (χ3v) is 10.3. The minimum Gasteiger partial charge on any atom is -0.369 e. The summed E-state index contributed by atoms with van der Waals surface area (Å²) in [6.45, 7) is 4.92. The first-order valence-electron chi connectivity index (χ1n) is 13.5. The van der Waals surface area contributed by atoms with Crippen LogP contribution in [0.2, 0.25) is 10.0 Å². The lowest BCUT2D eigenvalue weighted by Gasteiger charge is -2.35. The molecule has 44 heavy (non-hydrogen) atoms. The number of anilines is 3. The molecule has 3 aromatic carbocycles. The summed E-state index contributed by atoms with van der Waals surface area (Å²) in [4.78, 5) is 15.5. The number of nitrogens with one attached hydrogen (secondary N) is 1. The number of halogens is 2. The molecule has 1 aliphatic heterocycles. The normalized spacial score (nSPS) is 14.5. The second-order valence-electron chi connectivity index (χ2n) is 10.9. The molecule has 4 rings (SSSR count). The Bertz CT molecular complexity index is 1820. The van der Waals surface area contributed by atoms with Crippen molar-refractivity contribution < 1.29 is 21.6 Å². The van der Waals surface area contributed by atoms with E-state index in [1.807, 2.05) is 4.90 Å². The van der Waals surface area contributed by atoms with Gasteiger partial charge in [0.25, 0.3) is 5.91 Å². The van der Waals surface area contributed by atoms with Gasteiger partial charge in [-0.15, -0.1) is 0 Å². The lowest BCUT2D eigenvalue weighted by atomic mass is 10.0. The Morgan fingerprint density at radius 3 is 2.07 bits per heavy atom. The molecule has 10 nitrogen and oxygen atoms in total. The van der Waals surface area contributed by atoms with E-state index in [1.54, 1.807) is 38.1 Å². The van der Waals surface area contributed by atoms with Gasteiger partial charge in [0, 0.05) is 60.2 Å². The molecule has 0 bridgehead atoms. The van der Waals surface area contributed by atoms with Gasteiger partial charge in [-0.1, -0.05) is 35.0 Å². The van der Waals surface area contributed by atoms with Gasteiger partial charge < -0.3 is 16.0 Å². The number of piperazine rings is 1. The number of sulfonamides is 2. The van der Waals surface area contributed by atoms with Crippen LogP contribution < -0.4 is 20.3 Å². The summed E-state index contributed by atoms with van der Waals surface area (Å²) < 4.78 is 53.7. The summed E-state index contributed by atoms with van der Waals surface area (Å²) in [6.07, 6.45) is 1.03. The van der Waals surface area contributed by atoms with Gasteiger partial charge in [0.1, 0.15) is 0 Å². The van der Waals surface area contributed by atoms with Crippen molar-refractivity contribution in [1.29, 1.82) is 0 Å². The Morgan fingerprint density at radius 2 is 1.52 bits per heavy atom. The maximum absolute atomic E-state index is 13.4.